The molecule has 0 aliphatic heterocycles. The summed E-state index contributed by atoms with van der Waals surface area (Å²) in [5.74, 6) is 0.661. The lowest BCUT2D eigenvalue weighted by atomic mass is 10.2. The fourth-order valence-electron chi connectivity index (χ4n) is 3.00. The zero-order valence-corrected chi connectivity index (χ0v) is 18.8. The quantitative estimate of drug-likeness (QED) is 0.416. The smallest absolute Gasteiger partial charge is 0.263 e. The van der Waals surface area contributed by atoms with Crippen molar-refractivity contribution in [1.29, 1.82) is 0 Å². The first-order valence-electron chi connectivity index (χ1n) is 9.41. The number of hydrogen-bond donors (Lipinski definition) is 2. The predicted octanol–water partition coefficient (Wildman–Crippen LogP) is 4.37. The lowest BCUT2D eigenvalue weighted by Crippen LogP contribution is -2.12. The molecular weight excluding hydrogens is 450 g/mol. The zero-order chi connectivity index (χ0) is 22.7. The molecule has 1 aromatic heterocycles. The molecular formula is C22H19N3O5S2. The molecule has 0 fully saturated rings. The molecule has 8 nitrogen and oxygen atoms in total. The molecule has 164 valence electrons. The van der Waals surface area contributed by atoms with Gasteiger partial charge in [0.25, 0.3) is 15.9 Å². The Kier molecular flexibility index (Phi) is 5.97. The summed E-state index contributed by atoms with van der Waals surface area (Å²) in [5, 5.41) is 3.07. The van der Waals surface area contributed by atoms with E-state index in [4.69, 9.17) is 9.47 Å². The van der Waals surface area contributed by atoms with E-state index >= 15 is 0 Å². The number of anilines is 2. The molecule has 0 spiro atoms. The highest BCUT2D eigenvalue weighted by atomic mass is 32.2. The van der Waals surface area contributed by atoms with Gasteiger partial charge in [0.2, 0.25) is 0 Å². The molecule has 4 aromatic rings. The Labute approximate surface area is 188 Å². The summed E-state index contributed by atoms with van der Waals surface area (Å²) in [6.07, 6.45) is 0. The summed E-state index contributed by atoms with van der Waals surface area (Å²) in [6, 6.07) is 18.1. The maximum absolute atomic E-state index is 12.7. The van der Waals surface area contributed by atoms with Crippen LogP contribution in [0.2, 0.25) is 0 Å². The summed E-state index contributed by atoms with van der Waals surface area (Å²) in [4.78, 5) is 17.1. The van der Waals surface area contributed by atoms with Crippen molar-refractivity contribution in [3.63, 3.8) is 0 Å². The van der Waals surface area contributed by atoms with Gasteiger partial charge in [0, 0.05) is 11.3 Å². The molecule has 1 heterocycles. The molecule has 0 saturated heterocycles. The number of ether oxygens (including phenoxy) is 2. The number of nitrogens with one attached hydrogen (secondary N) is 2. The number of benzene rings is 3. The Morgan fingerprint density at radius 2 is 1.69 bits per heavy atom. The molecule has 0 radical (unpaired) electrons. The molecule has 32 heavy (non-hydrogen) atoms. The highest BCUT2D eigenvalue weighted by Crippen LogP contribution is 2.31. The van der Waals surface area contributed by atoms with Gasteiger partial charge in [-0.15, -0.1) is 0 Å². The number of hydrogen-bond acceptors (Lipinski definition) is 7. The third-order valence-corrected chi connectivity index (χ3v) is 6.98. The Balaban J connectivity index is 1.54. The second kappa shape index (κ2) is 8.85. The Morgan fingerprint density at radius 1 is 0.938 bits per heavy atom. The van der Waals surface area contributed by atoms with Crippen molar-refractivity contribution in [2.45, 2.75) is 4.90 Å². The number of fused-ring (bicyclic) bond motifs is 1. The Morgan fingerprint density at radius 3 is 2.41 bits per heavy atom. The summed E-state index contributed by atoms with van der Waals surface area (Å²) in [5.41, 5.74) is 1.58. The predicted molar refractivity (Wildman–Crippen MR) is 124 cm³/mol. The van der Waals surface area contributed by atoms with Crippen molar-refractivity contribution in [3.8, 4) is 11.5 Å². The number of rotatable bonds is 7. The van der Waals surface area contributed by atoms with Gasteiger partial charge in [-0.1, -0.05) is 29.5 Å². The number of carbonyl (C=O) groups is 1. The largest absolute Gasteiger partial charge is 0.493 e. The van der Waals surface area contributed by atoms with Crippen LogP contribution in [-0.4, -0.2) is 33.5 Å². The van der Waals surface area contributed by atoms with Gasteiger partial charge in [0.15, 0.2) is 16.6 Å². The van der Waals surface area contributed by atoms with Gasteiger partial charge in [-0.05, 0) is 48.5 Å². The van der Waals surface area contributed by atoms with Crippen LogP contribution >= 0.6 is 11.3 Å². The van der Waals surface area contributed by atoms with Gasteiger partial charge in [0.1, 0.15) is 0 Å². The number of sulfonamides is 1. The number of nitrogens with zero attached hydrogens (tertiary/aromatic N) is 1. The van der Waals surface area contributed by atoms with Gasteiger partial charge in [-0.25, -0.2) is 13.4 Å². The summed E-state index contributed by atoms with van der Waals surface area (Å²) < 4.78 is 38.7. The second-order valence-electron chi connectivity index (χ2n) is 6.64. The van der Waals surface area contributed by atoms with Gasteiger partial charge >= 0.3 is 0 Å². The minimum absolute atomic E-state index is 0.155. The van der Waals surface area contributed by atoms with Crippen LogP contribution in [0.4, 0.5) is 10.8 Å². The second-order valence-corrected chi connectivity index (χ2v) is 9.36. The maximum Gasteiger partial charge on any atom is 0.263 e. The number of carbonyl (C=O) groups excluding carboxylic acids is 1. The summed E-state index contributed by atoms with van der Waals surface area (Å²) in [7, 11) is -0.708. The standard InChI is InChI=1S/C22H19N3O5S2/c1-29-18-11-8-14(12-19(18)30-2)21(26)23-15-9-10-17-20(13-15)31-22(24-17)25-32(27,28)16-6-4-3-5-7-16/h3-13H,1-2H3,(H,23,26)(H,24,25). The van der Waals surface area contributed by atoms with Crippen molar-refractivity contribution in [3.05, 3.63) is 72.3 Å². The highest BCUT2D eigenvalue weighted by Gasteiger charge is 2.17. The number of methoxy groups -OCH3 is 2. The van der Waals surface area contributed by atoms with Crippen molar-refractivity contribution in [2.75, 3.05) is 24.3 Å². The number of amides is 1. The van der Waals surface area contributed by atoms with Crippen LogP contribution in [0.25, 0.3) is 10.2 Å². The van der Waals surface area contributed by atoms with E-state index in [1.165, 1.54) is 37.7 Å². The molecule has 0 bridgehead atoms. The van der Waals surface area contributed by atoms with E-state index in [2.05, 4.69) is 15.0 Å². The zero-order valence-electron chi connectivity index (χ0n) is 17.2. The Hall–Kier alpha value is -3.63. The maximum atomic E-state index is 12.7. The minimum atomic E-state index is -3.73. The lowest BCUT2D eigenvalue weighted by Gasteiger charge is -2.10. The molecule has 0 aliphatic rings. The number of thiazole rings is 1. The van der Waals surface area contributed by atoms with E-state index < -0.39 is 10.0 Å². The molecule has 4 rings (SSSR count). The SMILES string of the molecule is COc1ccc(C(=O)Nc2ccc3nc(NS(=O)(=O)c4ccccc4)sc3c2)cc1OC. The normalized spacial score (nSPS) is 11.2. The molecule has 0 unspecified atom stereocenters. The van der Waals surface area contributed by atoms with Gasteiger partial charge in [-0.2, -0.15) is 0 Å². The molecule has 0 aliphatic carbocycles. The van der Waals surface area contributed by atoms with Crippen molar-refractivity contribution in [2.24, 2.45) is 0 Å². The average Bonchev–Trinajstić information content (AvgIpc) is 3.19. The van der Waals surface area contributed by atoms with Crippen LogP contribution in [-0.2, 0) is 10.0 Å². The minimum Gasteiger partial charge on any atom is -0.493 e. The first kappa shape index (κ1) is 21.6. The van der Waals surface area contributed by atoms with Crippen LogP contribution in [0.1, 0.15) is 10.4 Å². The number of aromatic nitrogens is 1. The third-order valence-electron chi connectivity index (χ3n) is 4.57. The molecule has 3 aromatic carbocycles. The Bertz CT molecular complexity index is 1390. The fourth-order valence-corrected chi connectivity index (χ4v) is 5.16. The molecule has 0 saturated carbocycles. The van der Waals surface area contributed by atoms with E-state index in [1.54, 1.807) is 54.6 Å². The van der Waals surface area contributed by atoms with Gasteiger partial charge in [-0.3, -0.25) is 9.52 Å². The van der Waals surface area contributed by atoms with Gasteiger partial charge < -0.3 is 14.8 Å². The van der Waals surface area contributed by atoms with Crippen LogP contribution in [0.5, 0.6) is 11.5 Å². The topological polar surface area (TPSA) is 107 Å². The van der Waals surface area contributed by atoms with Gasteiger partial charge in [0.05, 0.1) is 29.3 Å². The molecule has 10 heteroatoms. The van der Waals surface area contributed by atoms with Crippen LogP contribution in [0, 0.1) is 0 Å². The van der Waals surface area contributed by atoms with E-state index in [9.17, 15) is 13.2 Å². The van der Waals surface area contributed by atoms with E-state index in [-0.39, 0.29) is 15.9 Å². The monoisotopic (exact) mass is 469 g/mol. The van der Waals surface area contributed by atoms with E-state index in [0.717, 1.165) is 4.70 Å². The fraction of sp³-hybridized carbons (Fsp3) is 0.0909. The van der Waals surface area contributed by atoms with Crippen molar-refractivity contribution >= 4 is 48.3 Å². The molecule has 2 N–H and O–H groups in total. The summed E-state index contributed by atoms with van der Waals surface area (Å²) >= 11 is 1.18. The summed E-state index contributed by atoms with van der Waals surface area (Å²) in [6.45, 7) is 0. The first-order valence-corrected chi connectivity index (χ1v) is 11.7. The average molecular weight is 470 g/mol. The lowest BCUT2D eigenvalue weighted by molar-refractivity contribution is 0.102. The van der Waals surface area contributed by atoms with Crippen LogP contribution in [0.15, 0.2) is 71.6 Å². The van der Waals surface area contributed by atoms with Crippen LogP contribution in [0.3, 0.4) is 0 Å². The van der Waals surface area contributed by atoms with E-state index in [1.807, 2.05) is 0 Å². The third kappa shape index (κ3) is 4.51. The first-order chi connectivity index (χ1) is 15.4. The molecule has 1 amide bonds. The molecule has 0 atom stereocenters. The highest BCUT2D eigenvalue weighted by molar-refractivity contribution is 7.93. The van der Waals surface area contributed by atoms with Crippen LogP contribution < -0.4 is 19.5 Å². The van der Waals surface area contributed by atoms with E-state index in [0.29, 0.717) is 28.3 Å². The van der Waals surface area contributed by atoms with Crippen molar-refractivity contribution in [1.82, 2.24) is 4.98 Å². The van der Waals surface area contributed by atoms with Crippen molar-refractivity contribution < 1.29 is 22.7 Å².